The van der Waals surface area contributed by atoms with Crippen LogP contribution in [-0.4, -0.2) is 26.6 Å². The van der Waals surface area contributed by atoms with Gasteiger partial charge in [0.15, 0.2) is 5.13 Å². The van der Waals surface area contributed by atoms with Gasteiger partial charge in [0, 0.05) is 24.4 Å². The highest BCUT2D eigenvalue weighted by molar-refractivity contribution is 7.14. The Morgan fingerprint density at radius 3 is 2.76 bits per heavy atom. The Morgan fingerprint density at radius 1 is 1.18 bits per heavy atom. The molecule has 34 heavy (non-hydrogen) atoms. The van der Waals surface area contributed by atoms with E-state index in [1.165, 1.54) is 47.4 Å². The molecule has 1 N–H and O–H groups in total. The number of aromatic nitrogens is 3. The fraction of sp³-hybridized carbons (Fsp3) is 0.120. The first-order valence-electron chi connectivity index (χ1n) is 10.5. The fourth-order valence-corrected chi connectivity index (χ4v) is 4.22. The first-order chi connectivity index (χ1) is 16.4. The largest absolute Gasteiger partial charge is 0.307 e. The van der Waals surface area contributed by atoms with Gasteiger partial charge in [-0.25, -0.2) is 14.1 Å². The van der Waals surface area contributed by atoms with Gasteiger partial charge in [-0.2, -0.15) is 5.10 Å². The van der Waals surface area contributed by atoms with Gasteiger partial charge in [-0.15, -0.1) is 11.3 Å². The third kappa shape index (κ3) is 5.44. The van der Waals surface area contributed by atoms with E-state index >= 15 is 0 Å². The first kappa shape index (κ1) is 23.1. The number of aryl methyl sites for hydroxylation is 1. The average molecular weight is 476 g/mol. The summed E-state index contributed by atoms with van der Waals surface area (Å²) in [6.45, 7) is 3.90. The Kier molecular flexibility index (Phi) is 6.93. The van der Waals surface area contributed by atoms with Crippen molar-refractivity contribution in [1.82, 2.24) is 14.8 Å². The van der Waals surface area contributed by atoms with Crippen LogP contribution >= 0.6 is 11.3 Å². The van der Waals surface area contributed by atoms with Gasteiger partial charge in [0.2, 0.25) is 11.8 Å². The van der Waals surface area contributed by atoms with Gasteiger partial charge in [0.05, 0.1) is 24.1 Å². The van der Waals surface area contributed by atoms with Crippen molar-refractivity contribution in [3.8, 4) is 0 Å². The molecule has 7 nitrogen and oxygen atoms in total. The van der Waals surface area contributed by atoms with Gasteiger partial charge in [-0.1, -0.05) is 42.0 Å². The van der Waals surface area contributed by atoms with E-state index in [-0.39, 0.29) is 17.5 Å². The molecule has 0 unspecified atom stereocenters. The summed E-state index contributed by atoms with van der Waals surface area (Å²) in [5.41, 5.74) is 2.83. The number of nitrogens with zero attached hydrogens (tertiary/aromatic N) is 4. The molecule has 9 heteroatoms. The summed E-state index contributed by atoms with van der Waals surface area (Å²) < 4.78 is 15.9. The minimum absolute atomic E-state index is 0.125. The number of halogens is 1. The number of benzene rings is 2. The summed E-state index contributed by atoms with van der Waals surface area (Å²) in [6.07, 6.45) is 4.52. The van der Waals surface area contributed by atoms with Crippen LogP contribution in [0.15, 0.2) is 72.3 Å². The molecule has 0 saturated carbocycles. The second kappa shape index (κ2) is 10.2. The van der Waals surface area contributed by atoms with Crippen LogP contribution < -0.4 is 10.2 Å². The van der Waals surface area contributed by atoms with Gasteiger partial charge in [0.25, 0.3) is 0 Å². The van der Waals surface area contributed by atoms with E-state index < -0.39 is 5.82 Å². The topological polar surface area (TPSA) is 80.1 Å². The van der Waals surface area contributed by atoms with Gasteiger partial charge in [-0.05, 0) is 30.7 Å². The van der Waals surface area contributed by atoms with Crippen molar-refractivity contribution in [2.24, 2.45) is 0 Å². The third-order valence-electron chi connectivity index (χ3n) is 4.90. The van der Waals surface area contributed by atoms with Gasteiger partial charge in [-0.3, -0.25) is 14.5 Å². The molecule has 0 atom stereocenters. The number of carbonyl (C=O) groups excluding carboxylic acids is 2. The van der Waals surface area contributed by atoms with Crippen molar-refractivity contribution in [3.63, 3.8) is 0 Å². The number of hydrogen-bond donors (Lipinski definition) is 1. The fourth-order valence-electron chi connectivity index (χ4n) is 3.37. The monoisotopic (exact) mass is 475 g/mol. The van der Waals surface area contributed by atoms with Crippen molar-refractivity contribution in [2.75, 3.05) is 10.2 Å². The number of anilines is 3. The average Bonchev–Trinajstić information content (AvgIpc) is 3.43. The minimum Gasteiger partial charge on any atom is -0.307 e. The molecule has 0 spiro atoms. The van der Waals surface area contributed by atoms with E-state index in [1.54, 1.807) is 34.5 Å². The van der Waals surface area contributed by atoms with Crippen LogP contribution in [0.2, 0.25) is 0 Å². The molecule has 0 radical (unpaired) electrons. The predicted molar refractivity (Wildman–Crippen MR) is 132 cm³/mol. The van der Waals surface area contributed by atoms with Crippen molar-refractivity contribution in [1.29, 1.82) is 0 Å². The second-order valence-electron chi connectivity index (χ2n) is 7.55. The van der Waals surface area contributed by atoms with Crippen LogP contribution in [0.25, 0.3) is 6.08 Å². The highest BCUT2D eigenvalue weighted by Gasteiger charge is 2.20. The van der Waals surface area contributed by atoms with Crippen molar-refractivity contribution >= 4 is 45.9 Å². The van der Waals surface area contributed by atoms with Crippen LogP contribution in [0, 0.1) is 12.7 Å². The maximum atomic E-state index is 14.2. The lowest BCUT2D eigenvalue weighted by Crippen LogP contribution is -2.23. The number of hydrogen-bond acceptors (Lipinski definition) is 5. The highest BCUT2D eigenvalue weighted by Crippen LogP contribution is 2.31. The predicted octanol–water partition coefficient (Wildman–Crippen LogP) is 5.17. The lowest BCUT2D eigenvalue weighted by molar-refractivity contribution is -0.116. The molecule has 2 amide bonds. The molecular formula is C25H22FN5O2S. The molecule has 0 fully saturated rings. The van der Waals surface area contributed by atoms with E-state index in [0.717, 1.165) is 11.1 Å². The van der Waals surface area contributed by atoms with Crippen molar-refractivity contribution < 1.29 is 14.0 Å². The maximum absolute atomic E-state index is 14.2. The molecule has 4 rings (SSSR count). The number of amides is 2. The van der Waals surface area contributed by atoms with Crippen molar-refractivity contribution in [3.05, 3.63) is 94.9 Å². The Labute approximate surface area is 200 Å². The molecular weight excluding hydrogens is 453 g/mol. The number of carbonyl (C=O) groups is 2. The van der Waals surface area contributed by atoms with Gasteiger partial charge >= 0.3 is 0 Å². The molecule has 172 valence electrons. The molecule has 0 aliphatic rings. The third-order valence-corrected chi connectivity index (χ3v) is 5.74. The minimum atomic E-state index is -0.522. The van der Waals surface area contributed by atoms with Crippen LogP contribution in [-0.2, 0) is 16.1 Å². The van der Waals surface area contributed by atoms with E-state index in [1.807, 2.05) is 25.1 Å². The second-order valence-corrected chi connectivity index (χ2v) is 8.38. The number of thiazole rings is 1. The zero-order valence-corrected chi connectivity index (χ0v) is 19.4. The number of nitrogens with one attached hydrogen (secondary N) is 1. The first-order valence-corrected chi connectivity index (χ1v) is 11.4. The van der Waals surface area contributed by atoms with E-state index in [9.17, 15) is 14.0 Å². The zero-order valence-electron chi connectivity index (χ0n) is 18.6. The van der Waals surface area contributed by atoms with Crippen molar-refractivity contribution in [2.45, 2.75) is 20.4 Å². The van der Waals surface area contributed by atoms with Gasteiger partial charge < -0.3 is 5.32 Å². The van der Waals surface area contributed by atoms with E-state index in [2.05, 4.69) is 21.5 Å². The molecule has 0 aliphatic heterocycles. The summed E-state index contributed by atoms with van der Waals surface area (Å²) in [5, 5.41) is 9.11. The SMILES string of the molecule is CC(=O)N(c1nc(/C=C/C(=O)Nc2ccnn2Cc2cccc(C)c2)cs1)c1ccccc1F. The van der Waals surface area contributed by atoms with Crippen LogP contribution in [0.3, 0.4) is 0 Å². The summed E-state index contributed by atoms with van der Waals surface area (Å²) in [4.78, 5) is 30.2. The van der Waals surface area contributed by atoms with Crippen LogP contribution in [0.1, 0.15) is 23.7 Å². The molecule has 4 aromatic rings. The summed E-state index contributed by atoms with van der Waals surface area (Å²) in [7, 11) is 0. The summed E-state index contributed by atoms with van der Waals surface area (Å²) >= 11 is 1.18. The number of para-hydroxylation sites is 1. The molecule has 2 aromatic heterocycles. The molecule has 0 bridgehead atoms. The number of rotatable bonds is 7. The molecule has 0 aliphatic carbocycles. The van der Waals surface area contributed by atoms with E-state index in [4.69, 9.17) is 0 Å². The molecule has 2 heterocycles. The quantitative estimate of drug-likeness (QED) is 0.374. The lowest BCUT2D eigenvalue weighted by Gasteiger charge is -2.18. The Hall–Kier alpha value is -4.11. The smallest absolute Gasteiger partial charge is 0.249 e. The normalized spacial score (nSPS) is 11.0. The molecule has 2 aromatic carbocycles. The Bertz CT molecular complexity index is 1360. The zero-order chi connectivity index (χ0) is 24.1. The Morgan fingerprint density at radius 2 is 2.00 bits per heavy atom. The maximum Gasteiger partial charge on any atom is 0.249 e. The van der Waals surface area contributed by atoms with E-state index in [0.29, 0.717) is 23.2 Å². The summed E-state index contributed by atoms with van der Waals surface area (Å²) in [6, 6.07) is 15.8. The van der Waals surface area contributed by atoms with Crippen LogP contribution in [0.4, 0.5) is 21.0 Å². The Balaban J connectivity index is 1.44. The standard InChI is InChI=1S/C25H22FN5O2S/c1-17-6-5-7-19(14-17)15-30-23(12-13-27-30)29-24(33)11-10-20-16-34-25(28-20)31(18(2)32)22-9-4-3-8-21(22)26/h3-14,16H,15H2,1-2H3,(H,29,33)/b11-10+. The van der Waals surface area contributed by atoms with Gasteiger partial charge in [0.1, 0.15) is 11.6 Å². The lowest BCUT2D eigenvalue weighted by atomic mass is 10.1. The van der Waals surface area contributed by atoms with Crippen LogP contribution in [0.5, 0.6) is 0 Å². The summed E-state index contributed by atoms with van der Waals surface area (Å²) in [5.74, 6) is -0.670. The molecule has 0 saturated heterocycles. The highest BCUT2D eigenvalue weighted by atomic mass is 32.1.